The third-order valence-electron chi connectivity index (χ3n) is 3.01. The maximum absolute atomic E-state index is 12.0. The van der Waals surface area contributed by atoms with Gasteiger partial charge in [0.15, 0.2) is 0 Å². The number of nitrogens with one attached hydrogen (secondary N) is 1. The summed E-state index contributed by atoms with van der Waals surface area (Å²) in [7, 11) is 0. The lowest BCUT2D eigenvalue weighted by Gasteiger charge is -2.19. The van der Waals surface area contributed by atoms with Gasteiger partial charge in [-0.3, -0.25) is 14.5 Å². The Morgan fingerprint density at radius 2 is 2.00 bits per heavy atom. The fraction of sp³-hybridized carbons (Fsp3) is 0.857. The van der Waals surface area contributed by atoms with E-state index in [1.165, 1.54) is 4.90 Å². The molecule has 1 aliphatic heterocycles. The van der Waals surface area contributed by atoms with Crippen LogP contribution < -0.4 is 5.32 Å². The minimum atomic E-state index is -0.347. The van der Waals surface area contributed by atoms with Gasteiger partial charge in [-0.15, -0.1) is 0 Å². The predicted molar refractivity (Wildman–Crippen MR) is 73.7 cm³/mol. The van der Waals surface area contributed by atoms with Crippen LogP contribution in [0.2, 0.25) is 0 Å². The van der Waals surface area contributed by atoms with Gasteiger partial charge in [0.2, 0.25) is 11.8 Å². The van der Waals surface area contributed by atoms with Crippen LogP contribution in [0.4, 0.5) is 0 Å². The molecule has 1 N–H and O–H groups in total. The average Bonchev–Trinajstić information content (AvgIpc) is 2.58. The lowest BCUT2D eigenvalue weighted by atomic mass is 10.2. The molecule has 1 heterocycles. The van der Waals surface area contributed by atoms with Crippen molar-refractivity contribution in [3.05, 3.63) is 0 Å². The molecule has 1 unspecified atom stereocenters. The largest absolute Gasteiger partial charge is 0.381 e. The van der Waals surface area contributed by atoms with Crippen molar-refractivity contribution < 1.29 is 14.3 Å². The highest BCUT2D eigenvalue weighted by Crippen LogP contribution is 2.15. The van der Waals surface area contributed by atoms with E-state index >= 15 is 0 Å². The molecule has 0 bridgehead atoms. The first-order valence-corrected chi connectivity index (χ1v) is 7.10. The molecule has 0 aliphatic carbocycles. The number of nitrogens with zero attached hydrogens (tertiary/aromatic N) is 1. The van der Waals surface area contributed by atoms with E-state index in [-0.39, 0.29) is 30.3 Å². The molecule has 5 nitrogen and oxygen atoms in total. The number of hydrogen-bond acceptors (Lipinski definition) is 4. The summed E-state index contributed by atoms with van der Waals surface area (Å²) in [6, 6.07) is -0.402. The second kappa shape index (κ2) is 7.60. The molecule has 0 aromatic carbocycles. The molecular formula is C14H26N2O3. The third-order valence-corrected chi connectivity index (χ3v) is 3.01. The fourth-order valence-electron chi connectivity index (χ4n) is 2.12. The first kappa shape index (κ1) is 16.1. The van der Waals surface area contributed by atoms with Crippen LogP contribution >= 0.6 is 0 Å². The third kappa shape index (κ3) is 4.91. The van der Waals surface area contributed by atoms with E-state index in [1.807, 2.05) is 13.8 Å². The monoisotopic (exact) mass is 270 g/mol. The Hall–Kier alpha value is -0.940. The highest BCUT2D eigenvalue weighted by atomic mass is 16.5. The van der Waals surface area contributed by atoms with Crippen molar-refractivity contribution in [1.82, 2.24) is 10.2 Å². The van der Waals surface area contributed by atoms with Crippen molar-refractivity contribution >= 4 is 11.8 Å². The zero-order chi connectivity index (χ0) is 14.4. The molecule has 1 saturated heterocycles. The van der Waals surface area contributed by atoms with Gasteiger partial charge < -0.3 is 10.1 Å². The molecule has 2 amide bonds. The summed E-state index contributed by atoms with van der Waals surface area (Å²) >= 11 is 0. The Morgan fingerprint density at radius 1 is 1.32 bits per heavy atom. The number of hydrogen-bond donors (Lipinski definition) is 1. The number of carbonyl (C=O) groups excluding carboxylic acids is 2. The molecule has 110 valence electrons. The number of amides is 2. The molecule has 1 fully saturated rings. The van der Waals surface area contributed by atoms with Crippen molar-refractivity contribution in [2.24, 2.45) is 5.92 Å². The van der Waals surface area contributed by atoms with Crippen molar-refractivity contribution in [1.29, 1.82) is 0 Å². The van der Waals surface area contributed by atoms with Crippen LogP contribution in [0.25, 0.3) is 0 Å². The predicted octanol–water partition coefficient (Wildman–Crippen LogP) is 1.17. The van der Waals surface area contributed by atoms with Gasteiger partial charge in [-0.1, -0.05) is 13.8 Å². The van der Waals surface area contributed by atoms with E-state index in [9.17, 15) is 9.59 Å². The van der Waals surface area contributed by atoms with Crippen molar-refractivity contribution in [2.75, 3.05) is 19.8 Å². The van der Waals surface area contributed by atoms with E-state index in [1.54, 1.807) is 0 Å². The molecule has 0 radical (unpaired) electrons. The highest BCUT2D eigenvalue weighted by Gasteiger charge is 2.39. The van der Waals surface area contributed by atoms with Crippen LogP contribution in [0.15, 0.2) is 0 Å². The summed E-state index contributed by atoms with van der Waals surface area (Å²) in [5, 5.41) is 3.14. The summed E-state index contributed by atoms with van der Waals surface area (Å²) in [6.45, 7) is 10.1. The van der Waals surface area contributed by atoms with Gasteiger partial charge >= 0.3 is 0 Å². The zero-order valence-corrected chi connectivity index (χ0v) is 12.4. The summed E-state index contributed by atoms with van der Waals surface area (Å²) in [6.07, 6.45) is 1.14. The first-order valence-electron chi connectivity index (χ1n) is 7.10. The minimum absolute atomic E-state index is 0.0545. The van der Waals surface area contributed by atoms with Crippen LogP contribution in [-0.4, -0.2) is 48.6 Å². The smallest absolute Gasteiger partial charge is 0.247 e. The van der Waals surface area contributed by atoms with E-state index in [0.29, 0.717) is 19.1 Å². The van der Waals surface area contributed by atoms with Crippen LogP contribution in [-0.2, 0) is 14.3 Å². The molecule has 0 aromatic heterocycles. The molecule has 19 heavy (non-hydrogen) atoms. The van der Waals surface area contributed by atoms with Crippen LogP contribution in [0.1, 0.15) is 40.5 Å². The highest BCUT2D eigenvalue weighted by molar-refractivity contribution is 6.05. The molecule has 0 spiro atoms. The van der Waals surface area contributed by atoms with E-state index in [4.69, 9.17) is 4.74 Å². The van der Waals surface area contributed by atoms with Gasteiger partial charge in [-0.05, 0) is 32.7 Å². The van der Waals surface area contributed by atoms with Crippen molar-refractivity contribution in [2.45, 2.75) is 52.6 Å². The fourth-order valence-corrected chi connectivity index (χ4v) is 2.12. The van der Waals surface area contributed by atoms with E-state index in [2.05, 4.69) is 19.2 Å². The quantitative estimate of drug-likeness (QED) is 0.531. The lowest BCUT2D eigenvalue weighted by molar-refractivity contribution is -0.140. The Labute approximate surface area is 115 Å². The Kier molecular flexibility index (Phi) is 6.45. The number of rotatable bonds is 8. The molecule has 1 atom stereocenters. The molecule has 1 rings (SSSR count). The number of ether oxygens (including phenoxy) is 1. The number of imide groups is 1. The topological polar surface area (TPSA) is 58.6 Å². The minimum Gasteiger partial charge on any atom is -0.381 e. The molecule has 1 aliphatic rings. The standard InChI is InChI=1S/C14H26N2O3/c1-10(2)9-19-7-5-6-15-12-8-13(17)16(11(3)4)14(12)18/h10-12,15H,5-9H2,1-4H3. The van der Waals surface area contributed by atoms with Gasteiger partial charge in [0, 0.05) is 19.3 Å². The Morgan fingerprint density at radius 3 is 2.53 bits per heavy atom. The normalized spacial score (nSPS) is 20.1. The average molecular weight is 270 g/mol. The van der Waals surface area contributed by atoms with Crippen LogP contribution in [0.5, 0.6) is 0 Å². The zero-order valence-electron chi connectivity index (χ0n) is 12.4. The molecule has 0 saturated carbocycles. The molecular weight excluding hydrogens is 244 g/mol. The van der Waals surface area contributed by atoms with Gasteiger partial charge in [0.1, 0.15) is 0 Å². The summed E-state index contributed by atoms with van der Waals surface area (Å²) in [5.74, 6) is 0.373. The second-order valence-electron chi connectivity index (χ2n) is 5.73. The lowest BCUT2D eigenvalue weighted by Crippen LogP contribution is -2.42. The van der Waals surface area contributed by atoms with Crippen LogP contribution in [0.3, 0.4) is 0 Å². The van der Waals surface area contributed by atoms with Crippen molar-refractivity contribution in [3.8, 4) is 0 Å². The second-order valence-corrected chi connectivity index (χ2v) is 5.73. The number of carbonyl (C=O) groups is 2. The number of likely N-dealkylation sites (tertiary alicyclic amines) is 1. The van der Waals surface area contributed by atoms with Crippen molar-refractivity contribution in [3.63, 3.8) is 0 Å². The Bertz CT molecular complexity index is 316. The van der Waals surface area contributed by atoms with Gasteiger partial charge in [-0.2, -0.15) is 0 Å². The van der Waals surface area contributed by atoms with Crippen LogP contribution in [0, 0.1) is 5.92 Å². The summed E-state index contributed by atoms with van der Waals surface area (Å²) < 4.78 is 5.46. The van der Waals surface area contributed by atoms with Gasteiger partial charge in [0.05, 0.1) is 12.5 Å². The van der Waals surface area contributed by atoms with E-state index < -0.39 is 0 Å². The van der Waals surface area contributed by atoms with E-state index in [0.717, 1.165) is 13.0 Å². The maximum Gasteiger partial charge on any atom is 0.247 e. The summed E-state index contributed by atoms with van der Waals surface area (Å²) in [4.78, 5) is 25.0. The Balaban J connectivity index is 2.20. The van der Waals surface area contributed by atoms with Gasteiger partial charge in [-0.25, -0.2) is 0 Å². The van der Waals surface area contributed by atoms with Gasteiger partial charge in [0.25, 0.3) is 0 Å². The summed E-state index contributed by atoms with van der Waals surface area (Å²) in [5.41, 5.74) is 0. The SMILES string of the molecule is CC(C)COCCCNC1CC(=O)N(C(C)C)C1=O. The molecule has 5 heteroatoms. The first-order chi connectivity index (χ1) is 8.93. The molecule has 0 aromatic rings. The maximum atomic E-state index is 12.0.